The van der Waals surface area contributed by atoms with Crippen LogP contribution in [0.15, 0.2) is 6.20 Å². The zero-order valence-corrected chi connectivity index (χ0v) is 7.81. The minimum absolute atomic E-state index is 0.450. The van der Waals surface area contributed by atoms with Gasteiger partial charge in [-0.2, -0.15) is 5.26 Å². The van der Waals surface area contributed by atoms with Crippen molar-refractivity contribution in [2.45, 2.75) is 20.3 Å². The Balaban J connectivity index is 3.32. The molecule has 0 spiro atoms. The van der Waals surface area contributed by atoms with Gasteiger partial charge in [-0.25, -0.2) is 0 Å². The van der Waals surface area contributed by atoms with Gasteiger partial charge in [-0.05, 0) is 18.9 Å². The smallest absolute Gasteiger partial charge is 0.102 e. The summed E-state index contributed by atoms with van der Waals surface area (Å²) in [5.74, 6) is 0. The normalized spacial score (nSPS) is 9.50. The van der Waals surface area contributed by atoms with E-state index in [2.05, 4.69) is 4.98 Å². The minimum atomic E-state index is 0.450. The lowest BCUT2D eigenvalue weighted by molar-refractivity contribution is 1.00. The molecule has 1 rings (SSSR count). The zero-order valence-electron chi connectivity index (χ0n) is 7.06. The lowest BCUT2D eigenvalue weighted by Gasteiger charge is -2.04. The summed E-state index contributed by atoms with van der Waals surface area (Å²) >= 11 is 5.91. The van der Waals surface area contributed by atoms with Gasteiger partial charge in [-0.3, -0.25) is 4.98 Å². The van der Waals surface area contributed by atoms with Gasteiger partial charge in [0.05, 0.1) is 10.6 Å². The van der Waals surface area contributed by atoms with Gasteiger partial charge in [0, 0.05) is 11.9 Å². The van der Waals surface area contributed by atoms with E-state index < -0.39 is 0 Å². The molecule has 0 N–H and O–H groups in total. The van der Waals surface area contributed by atoms with Crippen LogP contribution in [-0.2, 0) is 6.42 Å². The third-order valence-corrected chi connectivity index (χ3v) is 2.29. The molecule has 0 fully saturated rings. The Morgan fingerprint density at radius 3 is 2.83 bits per heavy atom. The van der Waals surface area contributed by atoms with Crippen molar-refractivity contribution in [1.82, 2.24) is 4.98 Å². The Hall–Kier alpha value is -1.07. The van der Waals surface area contributed by atoms with Crippen LogP contribution in [0.2, 0.25) is 5.02 Å². The van der Waals surface area contributed by atoms with E-state index in [1.165, 1.54) is 6.20 Å². The fourth-order valence-electron chi connectivity index (χ4n) is 1.06. The van der Waals surface area contributed by atoms with Gasteiger partial charge in [0.25, 0.3) is 0 Å². The summed E-state index contributed by atoms with van der Waals surface area (Å²) in [5.41, 5.74) is 2.32. The highest BCUT2D eigenvalue weighted by Gasteiger charge is 2.06. The molecule has 0 saturated heterocycles. The summed E-state index contributed by atoms with van der Waals surface area (Å²) in [6.45, 7) is 3.90. The molecule has 0 atom stereocenters. The molecule has 0 aliphatic carbocycles. The Morgan fingerprint density at radius 2 is 2.33 bits per heavy atom. The van der Waals surface area contributed by atoms with E-state index in [-0.39, 0.29) is 0 Å². The number of aromatic nitrogens is 1. The van der Waals surface area contributed by atoms with Gasteiger partial charge in [0.2, 0.25) is 0 Å². The monoisotopic (exact) mass is 180 g/mol. The lowest BCUT2D eigenvalue weighted by Crippen LogP contribution is -1.94. The number of rotatable bonds is 1. The van der Waals surface area contributed by atoms with Crippen molar-refractivity contribution in [3.8, 4) is 6.07 Å². The number of hydrogen-bond donors (Lipinski definition) is 0. The number of nitrogens with zero attached hydrogens (tertiary/aromatic N) is 2. The van der Waals surface area contributed by atoms with Crippen LogP contribution in [-0.4, -0.2) is 4.98 Å². The standard InChI is InChI=1S/C9H9ClN2/c1-3-8-6(2)9(10)7(4-11)5-12-8/h5H,3H2,1-2H3. The van der Waals surface area contributed by atoms with Crippen LogP contribution >= 0.6 is 11.6 Å². The van der Waals surface area contributed by atoms with E-state index in [1.54, 1.807) is 0 Å². The van der Waals surface area contributed by atoms with Crippen LogP contribution in [0.4, 0.5) is 0 Å². The quantitative estimate of drug-likeness (QED) is 0.666. The molecule has 0 amide bonds. The lowest BCUT2D eigenvalue weighted by atomic mass is 10.1. The molecule has 0 aliphatic heterocycles. The van der Waals surface area contributed by atoms with Crippen molar-refractivity contribution < 1.29 is 0 Å². The highest BCUT2D eigenvalue weighted by molar-refractivity contribution is 6.32. The second-order valence-electron chi connectivity index (χ2n) is 2.52. The highest BCUT2D eigenvalue weighted by Crippen LogP contribution is 2.21. The molecule has 0 bridgehead atoms. The van der Waals surface area contributed by atoms with Gasteiger partial charge in [-0.1, -0.05) is 18.5 Å². The summed E-state index contributed by atoms with van der Waals surface area (Å²) in [6, 6.07) is 1.99. The summed E-state index contributed by atoms with van der Waals surface area (Å²) < 4.78 is 0. The van der Waals surface area contributed by atoms with Crippen LogP contribution in [0.5, 0.6) is 0 Å². The van der Waals surface area contributed by atoms with Crippen molar-refractivity contribution in [2.75, 3.05) is 0 Å². The first-order valence-electron chi connectivity index (χ1n) is 3.74. The second-order valence-corrected chi connectivity index (χ2v) is 2.90. The third-order valence-electron chi connectivity index (χ3n) is 1.80. The van der Waals surface area contributed by atoms with Crippen LogP contribution in [0.25, 0.3) is 0 Å². The Morgan fingerprint density at radius 1 is 1.67 bits per heavy atom. The largest absolute Gasteiger partial charge is 0.260 e. The SMILES string of the molecule is CCc1ncc(C#N)c(Cl)c1C. The van der Waals surface area contributed by atoms with E-state index in [9.17, 15) is 0 Å². The first-order valence-corrected chi connectivity index (χ1v) is 4.12. The number of nitriles is 1. The molecule has 0 aliphatic rings. The number of aryl methyl sites for hydroxylation is 1. The Labute approximate surface area is 76.8 Å². The first kappa shape index (κ1) is 9.02. The molecule has 0 unspecified atom stereocenters. The molecule has 3 heteroatoms. The molecule has 12 heavy (non-hydrogen) atoms. The Bertz CT molecular complexity index is 339. The first-order chi connectivity index (χ1) is 5.70. The third kappa shape index (κ3) is 1.41. The van der Waals surface area contributed by atoms with E-state index in [0.717, 1.165) is 17.7 Å². The van der Waals surface area contributed by atoms with Crippen LogP contribution in [0, 0.1) is 18.3 Å². The molecule has 0 radical (unpaired) electrons. The van der Waals surface area contributed by atoms with Gasteiger partial charge in [-0.15, -0.1) is 0 Å². The topological polar surface area (TPSA) is 36.7 Å². The van der Waals surface area contributed by atoms with Crippen molar-refractivity contribution in [3.05, 3.63) is 28.0 Å². The number of halogens is 1. The summed E-state index contributed by atoms with van der Waals surface area (Å²) in [5, 5.41) is 9.16. The molecular weight excluding hydrogens is 172 g/mol. The van der Waals surface area contributed by atoms with E-state index in [1.807, 2.05) is 19.9 Å². The second kappa shape index (κ2) is 3.55. The van der Waals surface area contributed by atoms with Crippen LogP contribution < -0.4 is 0 Å². The van der Waals surface area contributed by atoms with Crippen LogP contribution in [0.3, 0.4) is 0 Å². The molecule has 2 nitrogen and oxygen atoms in total. The van der Waals surface area contributed by atoms with Crippen molar-refractivity contribution in [3.63, 3.8) is 0 Å². The molecule has 0 saturated carbocycles. The highest BCUT2D eigenvalue weighted by atomic mass is 35.5. The maximum Gasteiger partial charge on any atom is 0.102 e. The predicted octanol–water partition coefficient (Wildman–Crippen LogP) is 2.48. The molecule has 1 aromatic rings. The zero-order chi connectivity index (χ0) is 9.14. The average Bonchev–Trinajstić information content (AvgIpc) is 2.10. The summed E-state index contributed by atoms with van der Waals surface area (Å²) in [7, 11) is 0. The molecule has 1 aromatic heterocycles. The fraction of sp³-hybridized carbons (Fsp3) is 0.333. The fourth-order valence-corrected chi connectivity index (χ4v) is 1.26. The van der Waals surface area contributed by atoms with Gasteiger partial charge in [0.15, 0.2) is 0 Å². The maximum atomic E-state index is 8.63. The Kier molecular flexibility index (Phi) is 2.67. The molecular formula is C9H9ClN2. The summed E-state index contributed by atoms with van der Waals surface area (Å²) in [6.07, 6.45) is 2.37. The number of hydrogen-bond acceptors (Lipinski definition) is 2. The van der Waals surface area contributed by atoms with Gasteiger partial charge < -0.3 is 0 Å². The average molecular weight is 181 g/mol. The van der Waals surface area contributed by atoms with Crippen LogP contribution in [0.1, 0.15) is 23.7 Å². The van der Waals surface area contributed by atoms with Crippen molar-refractivity contribution in [2.24, 2.45) is 0 Å². The number of pyridine rings is 1. The van der Waals surface area contributed by atoms with Crippen molar-refractivity contribution >= 4 is 11.6 Å². The molecule has 0 aromatic carbocycles. The summed E-state index contributed by atoms with van der Waals surface area (Å²) in [4.78, 5) is 4.12. The predicted molar refractivity (Wildman–Crippen MR) is 48.1 cm³/mol. The van der Waals surface area contributed by atoms with Gasteiger partial charge in [0.1, 0.15) is 6.07 Å². The van der Waals surface area contributed by atoms with Crippen molar-refractivity contribution in [1.29, 1.82) is 5.26 Å². The minimum Gasteiger partial charge on any atom is -0.260 e. The molecule has 1 heterocycles. The van der Waals surface area contributed by atoms with E-state index >= 15 is 0 Å². The van der Waals surface area contributed by atoms with Gasteiger partial charge >= 0.3 is 0 Å². The van der Waals surface area contributed by atoms with E-state index in [4.69, 9.17) is 16.9 Å². The van der Waals surface area contributed by atoms with E-state index in [0.29, 0.717) is 10.6 Å². The molecule has 62 valence electrons. The maximum absolute atomic E-state index is 8.63.